The van der Waals surface area contributed by atoms with Gasteiger partial charge in [0, 0.05) is 22.3 Å². The van der Waals surface area contributed by atoms with Crippen molar-refractivity contribution < 1.29 is 4.79 Å². The summed E-state index contributed by atoms with van der Waals surface area (Å²) >= 11 is 7.40. The Hall–Kier alpha value is -3.61. The molecule has 0 radical (unpaired) electrons. The van der Waals surface area contributed by atoms with Gasteiger partial charge in [0.05, 0.1) is 22.0 Å². The molecule has 1 aliphatic heterocycles. The number of amidine groups is 1. The number of nitrogens with zero attached hydrogens (tertiary/aromatic N) is 3. The Morgan fingerprint density at radius 1 is 1.00 bits per heavy atom. The lowest BCUT2D eigenvalue weighted by atomic mass is 10.1. The lowest BCUT2D eigenvalue weighted by Crippen LogP contribution is -2.19. The van der Waals surface area contributed by atoms with E-state index in [4.69, 9.17) is 16.7 Å². The number of benzene rings is 3. The summed E-state index contributed by atoms with van der Waals surface area (Å²) in [6.45, 7) is 2.03. The number of nitrogens with one attached hydrogen (secondary N) is 1. The summed E-state index contributed by atoms with van der Waals surface area (Å²) in [5.41, 5.74) is 5.40. The first kappa shape index (κ1) is 21.2. The van der Waals surface area contributed by atoms with Gasteiger partial charge in [-0.1, -0.05) is 59.6 Å². The molecule has 1 amide bonds. The van der Waals surface area contributed by atoms with E-state index >= 15 is 0 Å². The molecular weight excluding hydrogens is 452 g/mol. The zero-order chi connectivity index (χ0) is 22.8. The van der Waals surface area contributed by atoms with E-state index < -0.39 is 0 Å². The summed E-state index contributed by atoms with van der Waals surface area (Å²) in [6.07, 6.45) is 3.78. The number of carbonyl (C=O) groups is 1. The molecule has 33 heavy (non-hydrogen) atoms. The molecule has 162 valence electrons. The van der Waals surface area contributed by atoms with Crippen LogP contribution >= 0.6 is 23.4 Å². The van der Waals surface area contributed by atoms with Gasteiger partial charge in [-0.05, 0) is 61.2 Å². The summed E-state index contributed by atoms with van der Waals surface area (Å²) in [5, 5.41) is 8.86. The lowest BCUT2D eigenvalue weighted by molar-refractivity contribution is -0.115. The lowest BCUT2D eigenvalue weighted by Gasteiger charge is -2.01. The highest BCUT2D eigenvalue weighted by molar-refractivity contribution is 8.18. The van der Waals surface area contributed by atoms with Gasteiger partial charge >= 0.3 is 0 Å². The van der Waals surface area contributed by atoms with Crippen LogP contribution in [-0.4, -0.2) is 20.9 Å². The molecule has 1 aromatic heterocycles. The number of rotatable bonds is 4. The summed E-state index contributed by atoms with van der Waals surface area (Å²) in [7, 11) is 0. The molecule has 5 rings (SSSR count). The highest BCUT2D eigenvalue weighted by atomic mass is 35.5. The Balaban J connectivity index is 1.52. The molecule has 1 saturated heterocycles. The van der Waals surface area contributed by atoms with E-state index in [1.165, 1.54) is 11.8 Å². The molecule has 4 aromatic rings. The second-order valence-corrected chi connectivity index (χ2v) is 9.00. The van der Waals surface area contributed by atoms with Gasteiger partial charge in [0.15, 0.2) is 5.17 Å². The number of carbonyl (C=O) groups excluding carboxylic acids is 1. The average molecular weight is 471 g/mol. The first-order chi connectivity index (χ1) is 16.0. The van der Waals surface area contributed by atoms with Gasteiger partial charge in [0.1, 0.15) is 0 Å². The van der Waals surface area contributed by atoms with Crippen LogP contribution in [0, 0.1) is 6.92 Å². The molecule has 2 heterocycles. The molecule has 0 bridgehead atoms. The Morgan fingerprint density at radius 2 is 1.73 bits per heavy atom. The molecular formula is C26H19ClN4OS. The molecule has 5 nitrogen and oxygen atoms in total. The smallest absolute Gasteiger partial charge is 0.264 e. The fraction of sp³-hybridized carbons (Fsp3) is 0.0385. The zero-order valence-electron chi connectivity index (χ0n) is 17.7. The molecule has 0 unspecified atom stereocenters. The first-order valence-electron chi connectivity index (χ1n) is 10.3. The predicted molar refractivity (Wildman–Crippen MR) is 136 cm³/mol. The van der Waals surface area contributed by atoms with Crippen LogP contribution < -0.4 is 5.32 Å². The van der Waals surface area contributed by atoms with Gasteiger partial charge in [-0.3, -0.25) is 4.79 Å². The zero-order valence-corrected chi connectivity index (χ0v) is 19.3. The Labute approximate surface area is 200 Å². The van der Waals surface area contributed by atoms with E-state index in [0.717, 1.165) is 33.8 Å². The Kier molecular flexibility index (Phi) is 5.86. The number of amides is 1. The number of para-hydroxylation sites is 1. The van der Waals surface area contributed by atoms with Gasteiger partial charge in [-0.25, -0.2) is 9.67 Å². The van der Waals surface area contributed by atoms with Crippen LogP contribution in [-0.2, 0) is 4.79 Å². The van der Waals surface area contributed by atoms with Crippen molar-refractivity contribution in [2.75, 3.05) is 0 Å². The second kappa shape index (κ2) is 9.10. The molecule has 1 fully saturated rings. The number of halogens is 1. The van der Waals surface area contributed by atoms with Crippen LogP contribution in [0.2, 0.25) is 5.02 Å². The fourth-order valence-corrected chi connectivity index (χ4v) is 4.36. The van der Waals surface area contributed by atoms with Crippen molar-refractivity contribution in [1.29, 1.82) is 0 Å². The van der Waals surface area contributed by atoms with E-state index in [1.807, 2.05) is 103 Å². The highest BCUT2D eigenvalue weighted by Crippen LogP contribution is 2.32. The number of aliphatic imine (C=N–C) groups is 1. The summed E-state index contributed by atoms with van der Waals surface area (Å²) in [6, 6.07) is 25.2. The molecule has 0 spiro atoms. The maximum atomic E-state index is 12.7. The third-order valence-corrected chi connectivity index (χ3v) is 6.24. The summed E-state index contributed by atoms with van der Waals surface area (Å²) in [5.74, 6) is -0.180. The van der Waals surface area contributed by atoms with E-state index in [2.05, 4.69) is 10.3 Å². The van der Waals surface area contributed by atoms with Crippen molar-refractivity contribution >= 4 is 46.2 Å². The maximum Gasteiger partial charge on any atom is 0.264 e. The SMILES string of the molecule is Cc1ccc(N=C2NC(=O)/C(=C/c3cn(-c4ccccc4)nc3-c3ccc(Cl)cc3)S2)cc1. The number of aryl methyl sites for hydroxylation is 1. The molecule has 0 atom stereocenters. The van der Waals surface area contributed by atoms with Crippen molar-refractivity contribution in [3.8, 4) is 16.9 Å². The van der Waals surface area contributed by atoms with Crippen molar-refractivity contribution in [1.82, 2.24) is 15.1 Å². The molecule has 0 aliphatic carbocycles. The van der Waals surface area contributed by atoms with Crippen molar-refractivity contribution in [3.05, 3.63) is 106 Å². The van der Waals surface area contributed by atoms with Crippen LogP contribution in [0.15, 0.2) is 95.0 Å². The third kappa shape index (κ3) is 4.77. The second-order valence-electron chi connectivity index (χ2n) is 7.54. The minimum absolute atomic E-state index is 0.180. The standard InChI is InChI=1S/C26H19ClN4OS/c1-17-7-13-21(14-8-17)28-26-29-25(32)23(33-26)15-19-16-31(22-5-3-2-4-6-22)30-24(19)18-9-11-20(27)12-10-18/h2-16H,1H3,(H,28,29,32)/b23-15-. The summed E-state index contributed by atoms with van der Waals surface area (Å²) < 4.78 is 1.81. The van der Waals surface area contributed by atoms with Crippen LogP contribution in [0.1, 0.15) is 11.1 Å². The predicted octanol–water partition coefficient (Wildman–Crippen LogP) is 6.39. The van der Waals surface area contributed by atoms with Crippen molar-refractivity contribution in [2.24, 2.45) is 4.99 Å². The van der Waals surface area contributed by atoms with Crippen LogP contribution in [0.4, 0.5) is 5.69 Å². The van der Waals surface area contributed by atoms with E-state index in [1.54, 1.807) is 0 Å². The van der Waals surface area contributed by atoms with Gasteiger partial charge in [0.2, 0.25) is 0 Å². The first-order valence-corrected chi connectivity index (χ1v) is 11.5. The molecule has 1 N–H and O–H groups in total. The number of thioether (sulfide) groups is 1. The summed E-state index contributed by atoms with van der Waals surface area (Å²) in [4.78, 5) is 17.8. The highest BCUT2D eigenvalue weighted by Gasteiger charge is 2.25. The largest absolute Gasteiger partial charge is 0.300 e. The molecule has 7 heteroatoms. The monoisotopic (exact) mass is 470 g/mol. The van der Waals surface area contributed by atoms with Crippen LogP contribution in [0.25, 0.3) is 23.0 Å². The van der Waals surface area contributed by atoms with E-state index in [9.17, 15) is 4.79 Å². The average Bonchev–Trinajstić information content (AvgIpc) is 3.40. The Morgan fingerprint density at radius 3 is 2.45 bits per heavy atom. The van der Waals surface area contributed by atoms with Gasteiger partial charge in [-0.15, -0.1) is 0 Å². The van der Waals surface area contributed by atoms with E-state index in [-0.39, 0.29) is 5.91 Å². The van der Waals surface area contributed by atoms with Gasteiger partial charge in [-0.2, -0.15) is 5.10 Å². The number of aromatic nitrogens is 2. The van der Waals surface area contributed by atoms with Crippen LogP contribution in [0.5, 0.6) is 0 Å². The normalized spacial score (nSPS) is 15.9. The minimum atomic E-state index is -0.180. The number of hydrogen-bond acceptors (Lipinski definition) is 4. The third-order valence-electron chi connectivity index (χ3n) is 5.08. The van der Waals surface area contributed by atoms with Crippen molar-refractivity contribution in [3.63, 3.8) is 0 Å². The molecule has 3 aromatic carbocycles. The number of hydrogen-bond donors (Lipinski definition) is 1. The Bertz CT molecular complexity index is 1370. The maximum absolute atomic E-state index is 12.7. The quantitative estimate of drug-likeness (QED) is 0.351. The van der Waals surface area contributed by atoms with Gasteiger partial charge in [0.25, 0.3) is 5.91 Å². The molecule has 1 aliphatic rings. The van der Waals surface area contributed by atoms with Gasteiger partial charge < -0.3 is 5.32 Å². The van der Waals surface area contributed by atoms with Crippen molar-refractivity contribution in [2.45, 2.75) is 6.92 Å². The van der Waals surface area contributed by atoms with Crippen LogP contribution in [0.3, 0.4) is 0 Å². The fourth-order valence-electron chi connectivity index (χ4n) is 3.40. The molecule has 0 saturated carbocycles. The van der Waals surface area contributed by atoms with E-state index in [0.29, 0.717) is 15.1 Å². The topological polar surface area (TPSA) is 59.3 Å². The minimum Gasteiger partial charge on any atom is -0.300 e.